The number of nitrogens with one attached hydrogen (secondary N) is 2. The number of rotatable bonds is 8. The summed E-state index contributed by atoms with van der Waals surface area (Å²) < 4.78 is 74.8. The average molecular weight is 492 g/mol. The summed E-state index contributed by atoms with van der Waals surface area (Å²) >= 11 is -0.228. The zero-order chi connectivity index (χ0) is 21.9. The van der Waals surface area contributed by atoms with Crippen LogP contribution >= 0.6 is 23.1 Å². The molecular formula is C17H15F2N3O4S4. The SMILES string of the molecule is CS(=O)(=O)Nc1nc(Cc2ccc(NS(=O)O)c(Sc3ccc(F)cc3F)c2)cs1. The highest BCUT2D eigenvalue weighted by molar-refractivity contribution is 7.99. The average Bonchev–Trinajstić information content (AvgIpc) is 3.04. The van der Waals surface area contributed by atoms with Crippen LogP contribution in [0.15, 0.2) is 51.6 Å². The Kier molecular flexibility index (Phi) is 7.08. The van der Waals surface area contributed by atoms with Gasteiger partial charge in [0.1, 0.15) is 11.6 Å². The molecule has 0 aliphatic rings. The molecule has 0 amide bonds. The quantitative estimate of drug-likeness (QED) is 0.410. The van der Waals surface area contributed by atoms with Crippen LogP contribution in [0.1, 0.15) is 11.3 Å². The van der Waals surface area contributed by atoms with E-state index in [1.807, 2.05) is 0 Å². The Hall–Kier alpha value is -2.06. The number of halogens is 2. The topological polar surface area (TPSA) is 108 Å². The maximum Gasteiger partial charge on any atom is 0.259 e. The van der Waals surface area contributed by atoms with Crippen molar-refractivity contribution in [2.45, 2.75) is 16.2 Å². The number of hydrogen-bond donors (Lipinski definition) is 3. The van der Waals surface area contributed by atoms with Crippen molar-refractivity contribution in [3.8, 4) is 0 Å². The fraction of sp³-hybridized carbons (Fsp3) is 0.118. The Bertz CT molecular complexity index is 1200. The summed E-state index contributed by atoms with van der Waals surface area (Å²) in [7, 11) is -3.43. The Morgan fingerprint density at radius 1 is 1.20 bits per heavy atom. The minimum Gasteiger partial charge on any atom is -0.289 e. The molecule has 0 bridgehead atoms. The van der Waals surface area contributed by atoms with Crippen LogP contribution in [-0.2, 0) is 27.7 Å². The van der Waals surface area contributed by atoms with Crippen LogP contribution in [0.3, 0.4) is 0 Å². The Balaban J connectivity index is 1.87. The largest absolute Gasteiger partial charge is 0.289 e. The molecule has 1 atom stereocenters. The lowest BCUT2D eigenvalue weighted by Crippen LogP contribution is -2.09. The Morgan fingerprint density at radius 2 is 1.97 bits per heavy atom. The van der Waals surface area contributed by atoms with E-state index in [2.05, 4.69) is 14.4 Å². The first-order chi connectivity index (χ1) is 14.1. The van der Waals surface area contributed by atoms with Crippen molar-refractivity contribution in [1.29, 1.82) is 0 Å². The van der Waals surface area contributed by atoms with E-state index in [0.717, 1.165) is 47.1 Å². The van der Waals surface area contributed by atoms with E-state index in [-0.39, 0.29) is 10.0 Å². The zero-order valence-electron chi connectivity index (χ0n) is 15.3. The molecule has 0 fully saturated rings. The van der Waals surface area contributed by atoms with Crippen LogP contribution in [0.2, 0.25) is 0 Å². The van der Waals surface area contributed by atoms with Crippen molar-refractivity contribution in [3.63, 3.8) is 0 Å². The third-order valence-corrected chi connectivity index (χ3v) is 6.57. The van der Waals surface area contributed by atoms with E-state index in [1.165, 1.54) is 6.07 Å². The molecule has 1 unspecified atom stereocenters. The van der Waals surface area contributed by atoms with Gasteiger partial charge in [-0.15, -0.1) is 11.3 Å². The van der Waals surface area contributed by atoms with Crippen molar-refractivity contribution in [2.24, 2.45) is 0 Å². The molecule has 2 aromatic carbocycles. The van der Waals surface area contributed by atoms with Crippen molar-refractivity contribution < 1.29 is 26.0 Å². The number of hydrogen-bond acceptors (Lipinski definition) is 6. The van der Waals surface area contributed by atoms with E-state index in [0.29, 0.717) is 22.7 Å². The maximum atomic E-state index is 14.1. The van der Waals surface area contributed by atoms with Gasteiger partial charge in [0, 0.05) is 27.7 Å². The highest BCUT2D eigenvalue weighted by Gasteiger charge is 2.13. The molecule has 0 aliphatic carbocycles. The second kappa shape index (κ2) is 9.39. The molecule has 0 aliphatic heterocycles. The van der Waals surface area contributed by atoms with Gasteiger partial charge in [0.05, 0.1) is 17.6 Å². The molecule has 160 valence electrons. The van der Waals surface area contributed by atoms with Crippen LogP contribution in [0.5, 0.6) is 0 Å². The summed E-state index contributed by atoms with van der Waals surface area (Å²) in [6.45, 7) is 0. The zero-order valence-corrected chi connectivity index (χ0v) is 18.5. The summed E-state index contributed by atoms with van der Waals surface area (Å²) in [6, 6.07) is 8.11. The molecule has 3 N–H and O–H groups in total. The van der Waals surface area contributed by atoms with Gasteiger partial charge in [0.25, 0.3) is 11.3 Å². The summed E-state index contributed by atoms with van der Waals surface area (Å²) in [5, 5.41) is 1.94. The van der Waals surface area contributed by atoms with Gasteiger partial charge < -0.3 is 0 Å². The van der Waals surface area contributed by atoms with Crippen LogP contribution in [0.25, 0.3) is 0 Å². The summed E-state index contributed by atoms with van der Waals surface area (Å²) in [5.41, 5.74) is 1.66. The molecule has 0 radical (unpaired) electrons. The molecule has 7 nitrogen and oxygen atoms in total. The van der Waals surface area contributed by atoms with E-state index in [9.17, 15) is 21.4 Å². The summed E-state index contributed by atoms with van der Waals surface area (Å²) in [4.78, 5) is 4.81. The van der Waals surface area contributed by atoms with E-state index in [4.69, 9.17) is 4.55 Å². The minimum absolute atomic E-state index is 0.147. The number of anilines is 2. The second-order valence-corrected chi connectivity index (χ2v) is 10.4. The van der Waals surface area contributed by atoms with E-state index >= 15 is 0 Å². The molecular weight excluding hydrogens is 476 g/mol. The standard InChI is InChI=1S/C17H15F2N3O4S4/c1-30(25,26)22-17-20-12(9-27-17)6-10-2-4-14(21-29(23)24)16(7-10)28-15-5-3-11(18)8-13(15)19/h2-5,7-9,21H,6H2,1H3,(H,20,22)(H,23,24). The summed E-state index contributed by atoms with van der Waals surface area (Å²) in [5.74, 6) is -1.46. The van der Waals surface area contributed by atoms with Gasteiger partial charge >= 0.3 is 0 Å². The number of thiazole rings is 1. The molecule has 3 aromatic rings. The summed E-state index contributed by atoms with van der Waals surface area (Å²) in [6.07, 6.45) is 1.38. The highest BCUT2D eigenvalue weighted by Crippen LogP contribution is 2.36. The third kappa shape index (κ3) is 6.47. The van der Waals surface area contributed by atoms with Gasteiger partial charge in [-0.25, -0.2) is 26.4 Å². The lowest BCUT2D eigenvalue weighted by molar-refractivity contribution is 0.565. The number of benzene rings is 2. The third-order valence-electron chi connectivity index (χ3n) is 3.57. The van der Waals surface area contributed by atoms with Crippen molar-refractivity contribution in [3.05, 3.63) is 64.7 Å². The number of aromatic nitrogens is 1. The first-order valence-corrected chi connectivity index (χ1v) is 12.8. The molecule has 1 heterocycles. The van der Waals surface area contributed by atoms with E-state index < -0.39 is 32.9 Å². The van der Waals surface area contributed by atoms with Gasteiger partial charge in [-0.1, -0.05) is 17.8 Å². The molecule has 30 heavy (non-hydrogen) atoms. The number of nitrogens with zero attached hydrogens (tertiary/aromatic N) is 1. The van der Waals surface area contributed by atoms with Crippen LogP contribution in [-0.4, -0.2) is 28.4 Å². The van der Waals surface area contributed by atoms with Gasteiger partial charge in [0.2, 0.25) is 10.0 Å². The predicted octanol–water partition coefficient (Wildman–Crippen LogP) is 4.08. The lowest BCUT2D eigenvalue weighted by atomic mass is 10.1. The van der Waals surface area contributed by atoms with Crippen LogP contribution < -0.4 is 9.44 Å². The van der Waals surface area contributed by atoms with Crippen molar-refractivity contribution in [2.75, 3.05) is 15.7 Å². The lowest BCUT2D eigenvalue weighted by Gasteiger charge is -2.12. The van der Waals surface area contributed by atoms with Crippen LogP contribution in [0, 0.1) is 11.6 Å². The smallest absolute Gasteiger partial charge is 0.259 e. The monoisotopic (exact) mass is 491 g/mol. The number of sulfonamides is 1. The Morgan fingerprint density at radius 3 is 2.63 bits per heavy atom. The van der Waals surface area contributed by atoms with Gasteiger partial charge in [-0.2, -0.15) is 0 Å². The molecule has 3 rings (SSSR count). The van der Waals surface area contributed by atoms with Crippen LogP contribution in [0.4, 0.5) is 19.6 Å². The molecule has 0 saturated heterocycles. The maximum absolute atomic E-state index is 14.1. The Labute approximate surface area is 182 Å². The fourth-order valence-corrected chi connectivity index (χ4v) is 5.38. The molecule has 0 spiro atoms. The van der Waals surface area contributed by atoms with E-state index in [1.54, 1.807) is 23.6 Å². The molecule has 0 saturated carbocycles. The van der Waals surface area contributed by atoms with Gasteiger partial charge in [-0.3, -0.25) is 14.0 Å². The first-order valence-electron chi connectivity index (χ1n) is 8.14. The normalized spacial score (nSPS) is 12.5. The molecule has 13 heteroatoms. The fourth-order valence-electron chi connectivity index (χ4n) is 2.42. The minimum atomic E-state index is -3.43. The van der Waals surface area contributed by atoms with Crippen molar-refractivity contribution in [1.82, 2.24) is 4.98 Å². The predicted molar refractivity (Wildman–Crippen MR) is 115 cm³/mol. The molecule has 1 aromatic heterocycles. The van der Waals surface area contributed by atoms with Gasteiger partial charge in [0.15, 0.2) is 5.13 Å². The highest BCUT2D eigenvalue weighted by atomic mass is 32.2. The first kappa shape index (κ1) is 22.6. The second-order valence-electron chi connectivity index (χ2n) is 6.05. The van der Waals surface area contributed by atoms with Gasteiger partial charge in [-0.05, 0) is 29.8 Å². The van der Waals surface area contributed by atoms with Crippen molar-refractivity contribution >= 4 is 55.2 Å².